The number of hydrogen-bond acceptors (Lipinski definition) is 2. The summed E-state index contributed by atoms with van der Waals surface area (Å²) in [6.07, 6.45) is 7.51. The summed E-state index contributed by atoms with van der Waals surface area (Å²) in [6.45, 7) is 0. The van der Waals surface area contributed by atoms with Crippen LogP contribution in [0.15, 0.2) is 52.8 Å². The molecular formula is C10H8N2. The summed E-state index contributed by atoms with van der Waals surface area (Å²) in [6, 6.07) is 7.91. The van der Waals surface area contributed by atoms with Gasteiger partial charge in [0.15, 0.2) is 0 Å². The van der Waals surface area contributed by atoms with E-state index in [-0.39, 0.29) is 0 Å². The maximum atomic E-state index is 4.03. The first-order chi connectivity index (χ1) is 5.97. The van der Waals surface area contributed by atoms with Crippen LogP contribution in [0.1, 0.15) is 5.56 Å². The van der Waals surface area contributed by atoms with Crippen LogP contribution >= 0.6 is 0 Å². The molecule has 0 spiro atoms. The van der Waals surface area contributed by atoms with Gasteiger partial charge < -0.3 is 0 Å². The molecule has 0 aliphatic carbocycles. The van der Waals surface area contributed by atoms with E-state index in [1.165, 1.54) is 0 Å². The van der Waals surface area contributed by atoms with E-state index in [2.05, 4.69) is 10.2 Å². The summed E-state index contributed by atoms with van der Waals surface area (Å²) in [5.74, 6) is 0. The predicted molar refractivity (Wildman–Crippen MR) is 49.1 cm³/mol. The molecule has 0 unspecified atom stereocenters. The third-order valence-electron chi connectivity index (χ3n) is 1.64. The molecule has 0 amide bonds. The second-order valence-electron chi connectivity index (χ2n) is 2.47. The molecule has 0 atom stereocenters. The van der Waals surface area contributed by atoms with Crippen LogP contribution in [0.25, 0.3) is 6.08 Å². The van der Waals surface area contributed by atoms with Crippen LogP contribution in [0.5, 0.6) is 0 Å². The van der Waals surface area contributed by atoms with E-state index in [4.69, 9.17) is 0 Å². The Balaban J connectivity index is 2.54. The molecule has 0 radical (unpaired) electrons. The molecule has 12 heavy (non-hydrogen) atoms. The molecule has 0 bridgehead atoms. The minimum Gasteiger partial charge on any atom is -0.159 e. The second-order valence-corrected chi connectivity index (χ2v) is 2.47. The average Bonchev–Trinajstić information content (AvgIpc) is 2.06. The van der Waals surface area contributed by atoms with Crippen LogP contribution in [-0.2, 0) is 0 Å². The lowest BCUT2D eigenvalue weighted by Gasteiger charge is -1.98. The van der Waals surface area contributed by atoms with Crippen molar-refractivity contribution in [3.63, 3.8) is 0 Å². The van der Waals surface area contributed by atoms with Crippen molar-refractivity contribution in [3.8, 4) is 0 Å². The zero-order valence-corrected chi connectivity index (χ0v) is 6.51. The molecule has 1 heterocycles. The first-order valence-corrected chi connectivity index (χ1v) is 3.80. The minimum atomic E-state index is 0.915. The van der Waals surface area contributed by atoms with Crippen LogP contribution in [0, 0.1) is 0 Å². The molecule has 2 rings (SSSR count). The Hall–Kier alpha value is -1.70. The molecule has 1 aliphatic rings. The van der Waals surface area contributed by atoms with Crippen molar-refractivity contribution in [3.05, 3.63) is 48.2 Å². The van der Waals surface area contributed by atoms with Gasteiger partial charge in [-0.3, -0.25) is 0 Å². The highest BCUT2D eigenvalue weighted by Crippen LogP contribution is 2.21. The second kappa shape index (κ2) is 3.13. The first kappa shape index (κ1) is 6.98. The summed E-state index contributed by atoms with van der Waals surface area (Å²) >= 11 is 0. The number of hydrogen-bond donors (Lipinski definition) is 0. The molecule has 1 aromatic carbocycles. The Labute approximate surface area is 71.0 Å². The van der Waals surface area contributed by atoms with E-state index in [0.717, 1.165) is 11.3 Å². The van der Waals surface area contributed by atoms with Gasteiger partial charge in [0.2, 0.25) is 0 Å². The van der Waals surface area contributed by atoms with Crippen molar-refractivity contribution >= 4 is 11.8 Å². The third kappa shape index (κ3) is 1.32. The number of rotatable bonds is 0. The van der Waals surface area contributed by atoms with Gasteiger partial charge in [0, 0.05) is 11.8 Å². The Bertz CT molecular complexity index is 327. The SMILES string of the molecule is C1=C\N=Nc2ccccc2\C=C/1. The molecule has 0 N–H and O–H groups in total. The fourth-order valence-corrected chi connectivity index (χ4v) is 1.06. The Morgan fingerprint density at radius 3 is 2.92 bits per heavy atom. The summed E-state index contributed by atoms with van der Waals surface area (Å²) < 4.78 is 0. The number of allylic oxidation sites excluding steroid dienone is 2. The maximum Gasteiger partial charge on any atom is 0.0929 e. The van der Waals surface area contributed by atoms with Crippen molar-refractivity contribution in [1.29, 1.82) is 0 Å². The molecule has 0 fully saturated rings. The molecule has 2 heteroatoms. The van der Waals surface area contributed by atoms with Crippen molar-refractivity contribution < 1.29 is 0 Å². The lowest BCUT2D eigenvalue weighted by molar-refractivity contribution is 1.22. The molecule has 58 valence electrons. The maximum absolute atomic E-state index is 4.03. The highest BCUT2D eigenvalue weighted by molar-refractivity contribution is 5.64. The summed E-state index contributed by atoms with van der Waals surface area (Å²) in [5.41, 5.74) is 2.02. The summed E-state index contributed by atoms with van der Waals surface area (Å²) in [7, 11) is 0. The van der Waals surface area contributed by atoms with E-state index in [1.54, 1.807) is 6.20 Å². The van der Waals surface area contributed by atoms with Gasteiger partial charge in [0.25, 0.3) is 0 Å². The van der Waals surface area contributed by atoms with Crippen molar-refractivity contribution in [2.75, 3.05) is 0 Å². The quantitative estimate of drug-likeness (QED) is 0.550. The Morgan fingerprint density at radius 1 is 1.00 bits per heavy atom. The van der Waals surface area contributed by atoms with E-state index in [1.807, 2.05) is 42.5 Å². The van der Waals surface area contributed by atoms with Gasteiger partial charge in [-0.15, -0.1) is 0 Å². The van der Waals surface area contributed by atoms with Gasteiger partial charge in [-0.25, -0.2) is 0 Å². The molecular weight excluding hydrogens is 148 g/mol. The van der Waals surface area contributed by atoms with E-state index >= 15 is 0 Å². The number of benzene rings is 1. The summed E-state index contributed by atoms with van der Waals surface area (Å²) in [4.78, 5) is 0. The average molecular weight is 156 g/mol. The minimum absolute atomic E-state index is 0.915. The van der Waals surface area contributed by atoms with Gasteiger partial charge >= 0.3 is 0 Å². The summed E-state index contributed by atoms with van der Waals surface area (Å²) in [5, 5.41) is 7.90. The van der Waals surface area contributed by atoms with E-state index in [9.17, 15) is 0 Å². The van der Waals surface area contributed by atoms with Crippen LogP contribution in [0.2, 0.25) is 0 Å². The van der Waals surface area contributed by atoms with Gasteiger partial charge in [-0.05, 0) is 12.1 Å². The molecule has 0 aromatic heterocycles. The predicted octanol–water partition coefficient (Wildman–Crippen LogP) is 3.31. The zero-order chi connectivity index (χ0) is 8.23. The monoisotopic (exact) mass is 156 g/mol. The van der Waals surface area contributed by atoms with Crippen LogP contribution in [-0.4, -0.2) is 0 Å². The standard InChI is InChI=1S/C10H8N2/c1-2-7-10-9(5-1)6-3-4-8-11-12-10/h1-8H/b4-3?,6-3-,8-4-,9-6?,11-8?,12-10?,12-11?. The number of nitrogens with zero attached hydrogens (tertiary/aromatic N) is 2. The Kier molecular flexibility index (Phi) is 1.82. The third-order valence-corrected chi connectivity index (χ3v) is 1.64. The van der Waals surface area contributed by atoms with E-state index in [0.29, 0.717) is 0 Å². The van der Waals surface area contributed by atoms with Crippen molar-refractivity contribution in [2.24, 2.45) is 10.2 Å². The highest BCUT2D eigenvalue weighted by atomic mass is 15.1. The number of fused-ring (bicyclic) bond motifs is 1. The van der Waals surface area contributed by atoms with Crippen molar-refractivity contribution in [1.82, 2.24) is 0 Å². The van der Waals surface area contributed by atoms with Crippen LogP contribution in [0.3, 0.4) is 0 Å². The van der Waals surface area contributed by atoms with Gasteiger partial charge in [-0.1, -0.05) is 30.4 Å². The molecule has 2 nitrogen and oxygen atoms in total. The number of azo groups is 1. The zero-order valence-electron chi connectivity index (χ0n) is 6.51. The van der Waals surface area contributed by atoms with E-state index < -0.39 is 0 Å². The first-order valence-electron chi connectivity index (χ1n) is 3.80. The molecule has 1 aromatic rings. The largest absolute Gasteiger partial charge is 0.159 e. The normalized spacial score (nSPS) is 19.0. The lowest BCUT2D eigenvalue weighted by atomic mass is 10.1. The highest BCUT2D eigenvalue weighted by Gasteiger charge is 1.95. The molecule has 1 aliphatic heterocycles. The Morgan fingerprint density at radius 2 is 1.92 bits per heavy atom. The molecule has 0 saturated carbocycles. The topological polar surface area (TPSA) is 24.7 Å². The van der Waals surface area contributed by atoms with Crippen LogP contribution in [0.4, 0.5) is 5.69 Å². The fourth-order valence-electron chi connectivity index (χ4n) is 1.06. The molecule has 0 saturated heterocycles. The fraction of sp³-hybridized carbons (Fsp3) is 0. The lowest BCUT2D eigenvalue weighted by Crippen LogP contribution is -1.73. The van der Waals surface area contributed by atoms with Crippen molar-refractivity contribution in [2.45, 2.75) is 0 Å². The van der Waals surface area contributed by atoms with Gasteiger partial charge in [-0.2, -0.15) is 10.2 Å². The van der Waals surface area contributed by atoms with Crippen LogP contribution < -0.4 is 0 Å². The van der Waals surface area contributed by atoms with Gasteiger partial charge in [0.1, 0.15) is 0 Å². The smallest absolute Gasteiger partial charge is 0.0929 e. The van der Waals surface area contributed by atoms with Gasteiger partial charge in [0.05, 0.1) is 5.69 Å².